The van der Waals surface area contributed by atoms with Gasteiger partial charge in [0.1, 0.15) is 0 Å². The molecule has 0 aromatic carbocycles. The van der Waals surface area contributed by atoms with Crippen molar-refractivity contribution < 1.29 is 0 Å². The molecule has 1 heterocycles. The van der Waals surface area contributed by atoms with E-state index in [2.05, 4.69) is 17.1 Å². The number of nitrogens with one attached hydrogen (secondary N) is 1. The van der Waals surface area contributed by atoms with Crippen LogP contribution in [0.2, 0.25) is 0 Å². The second kappa shape index (κ2) is 6.32. The summed E-state index contributed by atoms with van der Waals surface area (Å²) in [5.41, 5.74) is 5.52. The number of likely N-dealkylation sites (tertiary alicyclic amines) is 1. The fourth-order valence-electron chi connectivity index (χ4n) is 1.92. The molecule has 0 spiro atoms. The van der Waals surface area contributed by atoms with Crippen LogP contribution in [-0.2, 0) is 0 Å². The summed E-state index contributed by atoms with van der Waals surface area (Å²) < 4.78 is 0. The van der Waals surface area contributed by atoms with E-state index >= 15 is 0 Å². The summed E-state index contributed by atoms with van der Waals surface area (Å²) >= 11 is 5.32. The van der Waals surface area contributed by atoms with Crippen LogP contribution >= 0.6 is 12.2 Å². The molecule has 0 aromatic rings. The number of rotatable bonds is 4. The van der Waals surface area contributed by atoms with Crippen molar-refractivity contribution in [2.45, 2.75) is 19.8 Å². The minimum absolute atomic E-state index is 0.596. The van der Waals surface area contributed by atoms with Crippen LogP contribution in [0.4, 0.5) is 0 Å². The van der Waals surface area contributed by atoms with Crippen LogP contribution in [-0.4, -0.2) is 42.6 Å². The highest BCUT2D eigenvalue weighted by molar-refractivity contribution is 7.80. The molecule has 1 aliphatic rings. The van der Waals surface area contributed by atoms with Crippen molar-refractivity contribution in [1.82, 2.24) is 10.2 Å². The molecule has 0 bridgehead atoms. The van der Waals surface area contributed by atoms with Gasteiger partial charge in [-0.3, -0.25) is 0 Å². The Morgan fingerprint density at radius 3 is 2.64 bits per heavy atom. The van der Waals surface area contributed by atoms with Crippen LogP contribution in [0, 0.1) is 5.92 Å². The molecule has 1 fully saturated rings. The molecule has 82 valence electrons. The highest BCUT2D eigenvalue weighted by atomic mass is 32.1. The zero-order chi connectivity index (χ0) is 10.4. The zero-order valence-electron chi connectivity index (χ0n) is 8.96. The molecule has 1 rings (SSSR count). The molecule has 0 aromatic heterocycles. The predicted molar refractivity (Wildman–Crippen MR) is 64.5 cm³/mol. The number of nitrogens with zero attached hydrogens (tertiary/aromatic N) is 1. The molecular weight excluding hydrogens is 194 g/mol. The number of thiocarbonyl (C=S) groups is 1. The summed E-state index contributed by atoms with van der Waals surface area (Å²) in [5.74, 6) is 0.596. The van der Waals surface area contributed by atoms with Gasteiger partial charge in [-0.25, -0.2) is 0 Å². The lowest BCUT2D eigenvalue weighted by Gasteiger charge is -2.31. The van der Waals surface area contributed by atoms with E-state index in [0.717, 1.165) is 37.7 Å². The maximum atomic E-state index is 5.52. The lowest BCUT2D eigenvalue weighted by molar-refractivity contribution is 0.214. The van der Waals surface area contributed by atoms with Crippen LogP contribution in [0.3, 0.4) is 0 Å². The Labute approximate surface area is 92.0 Å². The van der Waals surface area contributed by atoms with Gasteiger partial charge >= 0.3 is 0 Å². The summed E-state index contributed by atoms with van der Waals surface area (Å²) in [6.45, 7) is 7.13. The molecule has 0 aliphatic carbocycles. The van der Waals surface area contributed by atoms with Gasteiger partial charge in [-0.1, -0.05) is 12.2 Å². The number of hydrogen-bond donors (Lipinski definition) is 2. The smallest absolute Gasteiger partial charge is 0.0785 e. The summed E-state index contributed by atoms with van der Waals surface area (Å²) in [4.78, 5) is 3.48. The van der Waals surface area contributed by atoms with Crippen LogP contribution < -0.4 is 11.1 Å². The summed E-state index contributed by atoms with van der Waals surface area (Å²) in [6, 6.07) is 0. The van der Waals surface area contributed by atoms with Crippen LogP contribution in [0.25, 0.3) is 0 Å². The summed E-state index contributed by atoms with van der Waals surface area (Å²) in [7, 11) is 0. The van der Waals surface area contributed by atoms with E-state index in [1.54, 1.807) is 0 Å². The topological polar surface area (TPSA) is 41.3 Å². The molecule has 0 atom stereocenters. The van der Waals surface area contributed by atoms with Crippen molar-refractivity contribution in [3.63, 3.8) is 0 Å². The van der Waals surface area contributed by atoms with Gasteiger partial charge in [-0.2, -0.15) is 0 Å². The molecule has 14 heavy (non-hydrogen) atoms. The van der Waals surface area contributed by atoms with Gasteiger partial charge in [0.15, 0.2) is 0 Å². The average Bonchev–Trinajstić information content (AvgIpc) is 2.20. The van der Waals surface area contributed by atoms with Crippen molar-refractivity contribution in [2.24, 2.45) is 11.7 Å². The Bertz CT molecular complexity index is 176. The highest BCUT2D eigenvalue weighted by Crippen LogP contribution is 2.17. The van der Waals surface area contributed by atoms with Crippen molar-refractivity contribution in [3.8, 4) is 0 Å². The van der Waals surface area contributed by atoms with Gasteiger partial charge < -0.3 is 16.0 Å². The fraction of sp³-hybridized carbons (Fsp3) is 0.900. The van der Waals surface area contributed by atoms with Crippen molar-refractivity contribution >= 4 is 17.2 Å². The second-order valence-corrected chi connectivity index (χ2v) is 4.24. The van der Waals surface area contributed by atoms with Gasteiger partial charge in [-0.15, -0.1) is 0 Å². The number of hydrogen-bond acceptors (Lipinski definition) is 3. The molecule has 0 amide bonds. The fourth-order valence-corrected chi connectivity index (χ4v) is 2.30. The molecule has 4 heteroatoms. The first-order valence-electron chi connectivity index (χ1n) is 5.48. The third-order valence-electron chi connectivity index (χ3n) is 2.75. The molecule has 0 unspecified atom stereocenters. The Kier molecular flexibility index (Phi) is 5.37. The van der Waals surface area contributed by atoms with E-state index < -0.39 is 0 Å². The molecular formula is C10H21N3S. The lowest BCUT2D eigenvalue weighted by atomic mass is 9.96. The van der Waals surface area contributed by atoms with Gasteiger partial charge in [0.05, 0.1) is 4.99 Å². The van der Waals surface area contributed by atoms with E-state index in [9.17, 15) is 0 Å². The van der Waals surface area contributed by atoms with E-state index in [0.29, 0.717) is 5.92 Å². The Hall–Kier alpha value is -0.190. The average molecular weight is 215 g/mol. The normalized spacial score (nSPS) is 19.6. The predicted octanol–water partition coefficient (Wildman–Crippen LogP) is 0.594. The van der Waals surface area contributed by atoms with E-state index in [1.807, 2.05) is 0 Å². The molecule has 0 saturated carbocycles. The molecule has 1 saturated heterocycles. The highest BCUT2D eigenvalue weighted by Gasteiger charge is 2.21. The molecule has 0 radical (unpaired) electrons. The maximum absolute atomic E-state index is 5.52. The number of nitrogens with two attached hydrogens (primary N) is 1. The van der Waals surface area contributed by atoms with Crippen molar-refractivity contribution in [2.75, 3.05) is 32.7 Å². The van der Waals surface area contributed by atoms with Crippen LogP contribution in [0.15, 0.2) is 0 Å². The van der Waals surface area contributed by atoms with E-state index in [1.165, 1.54) is 12.8 Å². The Morgan fingerprint density at radius 2 is 2.14 bits per heavy atom. The minimum atomic E-state index is 0.596. The van der Waals surface area contributed by atoms with E-state index in [-0.39, 0.29) is 0 Å². The monoisotopic (exact) mass is 215 g/mol. The van der Waals surface area contributed by atoms with Crippen LogP contribution in [0.1, 0.15) is 19.8 Å². The molecule has 1 aliphatic heterocycles. The maximum Gasteiger partial charge on any atom is 0.0785 e. The number of piperidine rings is 1. The Morgan fingerprint density at radius 1 is 1.50 bits per heavy atom. The molecule has 3 nitrogen and oxygen atoms in total. The SMILES string of the molecule is CCNC(=S)C1CCN(CCN)CC1. The molecule has 3 N–H and O–H groups in total. The minimum Gasteiger partial charge on any atom is -0.380 e. The van der Waals surface area contributed by atoms with Gasteiger partial charge in [0, 0.05) is 25.6 Å². The van der Waals surface area contributed by atoms with Crippen molar-refractivity contribution in [1.29, 1.82) is 0 Å². The quantitative estimate of drug-likeness (QED) is 0.674. The third kappa shape index (κ3) is 3.52. The zero-order valence-corrected chi connectivity index (χ0v) is 9.78. The van der Waals surface area contributed by atoms with Gasteiger partial charge in [-0.05, 0) is 32.9 Å². The van der Waals surface area contributed by atoms with Gasteiger partial charge in [0.2, 0.25) is 0 Å². The van der Waals surface area contributed by atoms with E-state index in [4.69, 9.17) is 18.0 Å². The first-order valence-corrected chi connectivity index (χ1v) is 5.89. The Balaban J connectivity index is 2.24. The lowest BCUT2D eigenvalue weighted by Crippen LogP contribution is -2.41. The second-order valence-electron chi connectivity index (χ2n) is 3.80. The third-order valence-corrected chi connectivity index (χ3v) is 3.23. The summed E-state index contributed by atoms with van der Waals surface area (Å²) in [6.07, 6.45) is 2.37. The summed E-state index contributed by atoms with van der Waals surface area (Å²) in [5, 5.41) is 3.25. The first-order chi connectivity index (χ1) is 6.77. The van der Waals surface area contributed by atoms with Crippen LogP contribution in [0.5, 0.6) is 0 Å². The standard InChI is InChI=1S/C10H21N3S/c1-2-12-10(14)9-3-6-13(7-4-9)8-5-11/h9H,2-8,11H2,1H3,(H,12,14). The van der Waals surface area contributed by atoms with Gasteiger partial charge in [0.25, 0.3) is 0 Å². The first kappa shape index (κ1) is 11.9. The van der Waals surface area contributed by atoms with Crippen molar-refractivity contribution in [3.05, 3.63) is 0 Å². The largest absolute Gasteiger partial charge is 0.380 e.